The lowest BCUT2D eigenvalue weighted by Gasteiger charge is -2.12. The third-order valence-electron chi connectivity index (χ3n) is 3.14. The largest absolute Gasteiger partial charge is 0.480 e. The number of aliphatic carboxylic acids is 1. The molecule has 3 rings (SSSR count). The first kappa shape index (κ1) is 13.6. The standard InChI is InChI=1S/C17H13NO2S/c19-17(20)16(13-7-2-1-3-8-13)21-15-11-10-12-6-4-5-9-14(12)18-15/h1-11,16H,(H,19,20)/t16-/m1/s1. The molecule has 0 aliphatic carbocycles. The highest BCUT2D eigenvalue weighted by Crippen LogP contribution is 2.35. The van der Waals surface area contributed by atoms with Crippen LogP contribution in [0.2, 0.25) is 0 Å². The molecule has 3 aromatic rings. The number of aromatic nitrogens is 1. The molecule has 1 aromatic heterocycles. The first-order chi connectivity index (χ1) is 10.2. The summed E-state index contributed by atoms with van der Waals surface area (Å²) in [7, 11) is 0. The fourth-order valence-corrected chi connectivity index (χ4v) is 3.06. The monoisotopic (exact) mass is 295 g/mol. The SMILES string of the molecule is O=C(O)[C@H](Sc1ccc2ccccc2n1)c1ccccc1. The van der Waals surface area contributed by atoms with Gasteiger partial charge >= 0.3 is 5.97 Å². The van der Waals surface area contributed by atoms with Gasteiger partial charge in [0, 0.05) is 5.39 Å². The number of carboxylic acids is 1. The number of benzene rings is 2. The molecule has 0 aliphatic heterocycles. The van der Waals surface area contributed by atoms with Crippen molar-refractivity contribution >= 4 is 28.6 Å². The first-order valence-corrected chi connectivity index (χ1v) is 7.42. The van der Waals surface area contributed by atoms with Gasteiger partial charge in [-0.05, 0) is 17.7 Å². The molecule has 1 N–H and O–H groups in total. The Balaban J connectivity index is 1.93. The van der Waals surface area contributed by atoms with Crippen molar-refractivity contribution in [2.45, 2.75) is 10.3 Å². The van der Waals surface area contributed by atoms with Crippen LogP contribution < -0.4 is 0 Å². The van der Waals surface area contributed by atoms with E-state index in [1.807, 2.05) is 66.7 Å². The van der Waals surface area contributed by atoms with Crippen LogP contribution in [0.3, 0.4) is 0 Å². The van der Waals surface area contributed by atoms with E-state index in [-0.39, 0.29) is 0 Å². The zero-order chi connectivity index (χ0) is 14.7. The van der Waals surface area contributed by atoms with Gasteiger partial charge in [-0.2, -0.15) is 0 Å². The Morgan fingerprint density at radius 2 is 1.67 bits per heavy atom. The van der Waals surface area contributed by atoms with Gasteiger partial charge in [-0.15, -0.1) is 0 Å². The van der Waals surface area contributed by atoms with Gasteiger partial charge in [0.05, 0.1) is 10.5 Å². The van der Waals surface area contributed by atoms with E-state index in [0.29, 0.717) is 5.03 Å². The average molecular weight is 295 g/mol. The fourth-order valence-electron chi connectivity index (χ4n) is 2.12. The molecule has 0 unspecified atom stereocenters. The Bertz CT molecular complexity index is 774. The molecule has 2 aromatic carbocycles. The van der Waals surface area contributed by atoms with Crippen LogP contribution in [-0.2, 0) is 4.79 Å². The molecule has 1 atom stereocenters. The molecule has 0 spiro atoms. The fraction of sp³-hybridized carbons (Fsp3) is 0.0588. The van der Waals surface area contributed by atoms with Gasteiger partial charge in [0.15, 0.2) is 0 Å². The molecule has 1 heterocycles. The number of carbonyl (C=O) groups is 1. The molecule has 104 valence electrons. The predicted octanol–water partition coefficient (Wildman–Crippen LogP) is 4.15. The Morgan fingerprint density at radius 1 is 0.952 bits per heavy atom. The van der Waals surface area contributed by atoms with Crippen molar-refractivity contribution in [1.82, 2.24) is 4.98 Å². The van der Waals surface area contributed by atoms with Gasteiger partial charge in [-0.25, -0.2) is 4.98 Å². The summed E-state index contributed by atoms with van der Waals surface area (Å²) < 4.78 is 0. The van der Waals surface area contributed by atoms with Gasteiger partial charge in [0.2, 0.25) is 0 Å². The summed E-state index contributed by atoms with van der Waals surface area (Å²) in [5.41, 5.74) is 1.64. The second kappa shape index (κ2) is 5.97. The molecule has 0 fully saturated rings. The maximum Gasteiger partial charge on any atom is 0.321 e. The minimum absolute atomic E-state index is 0.653. The second-order valence-corrected chi connectivity index (χ2v) is 5.71. The maximum absolute atomic E-state index is 11.5. The number of hydrogen-bond acceptors (Lipinski definition) is 3. The molecule has 0 saturated carbocycles. The molecule has 3 nitrogen and oxygen atoms in total. The van der Waals surface area contributed by atoms with Crippen LogP contribution in [0, 0.1) is 0 Å². The van der Waals surface area contributed by atoms with Crippen LogP contribution in [0.4, 0.5) is 0 Å². The molecular weight excluding hydrogens is 282 g/mol. The number of fused-ring (bicyclic) bond motifs is 1. The van der Waals surface area contributed by atoms with Crippen LogP contribution in [0.25, 0.3) is 10.9 Å². The van der Waals surface area contributed by atoms with Crippen LogP contribution >= 0.6 is 11.8 Å². The third-order valence-corrected chi connectivity index (χ3v) is 4.32. The summed E-state index contributed by atoms with van der Waals surface area (Å²) in [6.07, 6.45) is 0. The van der Waals surface area contributed by atoms with Gasteiger partial charge in [-0.1, -0.05) is 66.4 Å². The zero-order valence-electron chi connectivity index (χ0n) is 11.1. The second-order valence-electron chi connectivity index (χ2n) is 4.59. The Kier molecular flexibility index (Phi) is 3.88. The van der Waals surface area contributed by atoms with Crippen LogP contribution in [0.15, 0.2) is 71.8 Å². The summed E-state index contributed by atoms with van der Waals surface area (Å²) in [4.78, 5) is 16.0. The van der Waals surface area contributed by atoms with Crippen LogP contribution in [0.1, 0.15) is 10.8 Å². The van der Waals surface area contributed by atoms with E-state index in [4.69, 9.17) is 0 Å². The van der Waals surface area contributed by atoms with Crippen molar-refractivity contribution < 1.29 is 9.90 Å². The lowest BCUT2D eigenvalue weighted by Crippen LogP contribution is -2.08. The maximum atomic E-state index is 11.5. The molecule has 0 amide bonds. The van der Waals surface area contributed by atoms with E-state index in [1.165, 1.54) is 11.8 Å². The number of nitrogens with zero attached hydrogens (tertiary/aromatic N) is 1. The molecule has 4 heteroatoms. The number of pyridine rings is 1. The number of thioether (sulfide) groups is 1. The highest BCUT2D eigenvalue weighted by Gasteiger charge is 2.21. The van der Waals surface area contributed by atoms with Crippen molar-refractivity contribution in [3.05, 3.63) is 72.3 Å². The topological polar surface area (TPSA) is 50.2 Å². The highest BCUT2D eigenvalue weighted by molar-refractivity contribution is 8.00. The molecule has 0 bridgehead atoms. The Morgan fingerprint density at radius 3 is 2.43 bits per heavy atom. The van der Waals surface area contributed by atoms with Gasteiger partial charge in [0.25, 0.3) is 0 Å². The Hall–Kier alpha value is -2.33. The van der Waals surface area contributed by atoms with Crippen LogP contribution in [-0.4, -0.2) is 16.1 Å². The van der Waals surface area contributed by atoms with E-state index < -0.39 is 11.2 Å². The quantitative estimate of drug-likeness (QED) is 0.734. The van der Waals surface area contributed by atoms with Gasteiger partial charge in [0.1, 0.15) is 5.25 Å². The van der Waals surface area contributed by atoms with Crippen LogP contribution in [0.5, 0.6) is 0 Å². The van der Waals surface area contributed by atoms with Crippen molar-refractivity contribution in [2.75, 3.05) is 0 Å². The molecule has 21 heavy (non-hydrogen) atoms. The first-order valence-electron chi connectivity index (χ1n) is 6.54. The molecule has 0 radical (unpaired) electrons. The predicted molar refractivity (Wildman–Crippen MR) is 84.4 cm³/mol. The molecular formula is C17H13NO2S. The van der Waals surface area contributed by atoms with Gasteiger partial charge in [-0.3, -0.25) is 4.79 Å². The number of carboxylic acid groups (broad SMARTS) is 1. The van der Waals surface area contributed by atoms with Crippen molar-refractivity contribution in [1.29, 1.82) is 0 Å². The summed E-state index contributed by atoms with van der Waals surface area (Å²) >= 11 is 1.25. The van der Waals surface area contributed by atoms with E-state index in [2.05, 4.69) is 4.98 Å². The average Bonchev–Trinajstić information content (AvgIpc) is 2.53. The van der Waals surface area contributed by atoms with Gasteiger partial charge < -0.3 is 5.11 Å². The third kappa shape index (κ3) is 3.06. The van der Waals surface area contributed by atoms with E-state index >= 15 is 0 Å². The number of para-hydroxylation sites is 1. The minimum atomic E-state index is -0.860. The van der Waals surface area contributed by atoms with Crippen molar-refractivity contribution in [2.24, 2.45) is 0 Å². The number of rotatable bonds is 4. The summed E-state index contributed by atoms with van der Waals surface area (Å²) in [6, 6.07) is 20.9. The lowest BCUT2D eigenvalue weighted by atomic mass is 10.1. The van der Waals surface area contributed by atoms with Crippen molar-refractivity contribution in [3.8, 4) is 0 Å². The molecule has 0 saturated heterocycles. The molecule has 0 aliphatic rings. The normalized spacial score (nSPS) is 12.2. The smallest absolute Gasteiger partial charge is 0.321 e. The summed E-state index contributed by atoms with van der Waals surface area (Å²) in [5.74, 6) is -0.860. The van der Waals surface area contributed by atoms with Crippen molar-refractivity contribution in [3.63, 3.8) is 0 Å². The zero-order valence-corrected chi connectivity index (χ0v) is 12.0. The van der Waals surface area contributed by atoms with E-state index in [1.54, 1.807) is 0 Å². The minimum Gasteiger partial charge on any atom is -0.480 e. The van der Waals surface area contributed by atoms with E-state index in [0.717, 1.165) is 16.5 Å². The summed E-state index contributed by atoms with van der Waals surface area (Å²) in [5, 5.41) is 10.6. The lowest BCUT2D eigenvalue weighted by molar-refractivity contribution is -0.136. The summed E-state index contributed by atoms with van der Waals surface area (Å²) in [6.45, 7) is 0. The Labute approximate surface area is 126 Å². The number of hydrogen-bond donors (Lipinski definition) is 1. The van der Waals surface area contributed by atoms with E-state index in [9.17, 15) is 9.90 Å². The highest BCUT2D eigenvalue weighted by atomic mass is 32.2.